The molecule has 0 radical (unpaired) electrons. The van der Waals surface area contributed by atoms with Crippen molar-refractivity contribution in [3.05, 3.63) is 35.9 Å². The number of carbonyl (C=O) groups is 3. The Bertz CT molecular complexity index is 608. The first-order valence-electron chi connectivity index (χ1n) is 8.42. The Hall–Kier alpha value is -2.02. The van der Waals surface area contributed by atoms with Crippen LogP contribution in [0.5, 0.6) is 0 Å². The van der Waals surface area contributed by atoms with Crippen LogP contribution in [0.3, 0.4) is 0 Å². The van der Waals surface area contributed by atoms with E-state index in [2.05, 4.69) is 5.32 Å². The highest BCUT2D eigenvalue weighted by Gasteiger charge is 2.34. The molecule has 1 fully saturated rings. The summed E-state index contributed by atoms with van der Waals surface area (Å²) < 4.78 is 5.07. The van der Waals surface area contributed by atoms with Crippen molar-refractivity contribution in [3.63, 3.8) is 0 Å². The first kappa shape index (κ1) is 19.3. The molecule has 2 atom stereocenters. The molecule has 0 unspecified atom stereocenters. The van der Waals surface area contributed by atoms with Gasteiger partial charge in [-0.2, -0.15) is 11.8 Å². The lowest BCUT2D eigenvalue weighted by atomic mass is 10.1. The first-order chi connectivity index (χ1) is 12.0. The summed E-state index contributed by atoms with van der Waals surface area (Å²) in [7, 11) is 0. The van der Waals surface area contributed by atoms with Crippen LogP contribution in [0.4, 0.5) is 0 Å². The van der Waals surface area contributed by atoms with E-state index < -0.39 is 6.04 Å². The van der Waals surface area contributed by atoms with E-state index in [1.807, 2.05) is 6.07 Å². The third-order valence-electron chi connectivity index (χ3n) is 3.90. The molecule has 7 heteroatoms. The Morgan fingerprint density at radius 2 is 2.04 bits per heavy atom. The van der Waals surface area contributed by atoms with Crippen LogP contribution in [-0.4, -0.2) is 59.4 Å². The summed E-state index contributed by atoms with van der Waals surface area (Å²) in [5.41, 5.74) is 0.556. The zero-order valence-corrected chi connectivity index (χ0v) is 15.4. The van der Waals surface area contributed by atoms with Gasteiger partial charge in [0.15, 0.2) is 0 Å². The number of benzene rings is 1. The lowest BCUT2D eigenvalue weighted by Gasteiger charge is -2.34. The fourth-order valence-corrected chi connectivity index (χ4v) is 3.69. The standard InChI is InChI=1S/C18H24N2O4S/c1-3-24-18(23)15-12-25-10-9-20(15)16(21)11-13(2)19-17(22)14-7-5-4-6-8-14/h4-8,13,15H,3,9-12H2,1-2H3,(H,19,22)/t13-,15-/m0/s1. The highest BCUT2D eigenvalue weighted by atomic mass is 32.2. The van der Waals surface area contributed by atoms with Crippen molar-refractivity contribution in [2.75, 3.05) is 24.7 Å². The fraction of sp³-hybridized carbons (Fsp3) is 0.500. The van der Waals surface area contributed by atoms with Crippen LogP contribution in [0.1, 0.15) is 30.6 Å². The van der Waals surface area contributed by atoms with Crippen LogP contribution in [-0.2, 0) is 14.3 Å². The quantitative estimate of drug-likeness (QED) is 0.778. The van der Waals surface area contributed by atoms with Crippen LogP contribution in [0.25, 0.3) is 0 Å². The smallest absolute Gasteiger partial charge is 0.329 e. The van der Waals surface area contributed by atoms with Crippen LogP contribution < -0.4 is 5.32 Å². The first-order valence-corrected chi connectivity index (χ1v) is 9.58. The molecule has 2 rings (SSSR count). The molecule has 6 nitrogen and oxygen atoms in total. The largest absolute Gasteiger partial charge is 0.464 e. The lowest BCUT2D eigenvalue weighted by molar-refractivity contribution is -0.154. The second-order valence-corrected chi connectivity index (χ2v) is 7.02. The van der Waals surface area contributed by atoms with Crippen LogP contribution >= 0.6 is 11.8 Å². The maximum absolute atomic E-state index is 12.6. The van der Waals surface area contributed by atoms with E-state index >= 15 is 0 Å². The van der Waals surface area contributed by atoms with Crippen LogP contribution in [0.2, 0.25) is 0 Å². The number of ether oxygens (including phenoxy) is 1. The van der Waals surface area contributed by atoms with Crippen LogP contribution in [0, 0.1) is 0 Å². The van der Waals surface area contributed by atoms with Gasteiger partial charge in [0, 0.05) is 36.1 Å². The summed E-state index contributed by atoms with van der Waals surface area (Å²) in [4.78, 5) is 38.4. The van der Waals surface area contributed by atoms with Gasteiger partial charge in [-0.1, -0.05) is 18.2 Å². The van der Waals surface area contributed by atoms with E-state index in [9.17, 15) is 14.4 Å². The molecular formula is C18H24N2O4S. The highest BCUT2D eigenvalue weighted by molar-refractivity contribution is 7.99. The number of nitrogens with one attached hydrogen (secondary N) is 1. The number of nitrogens with zero attached hydrogens (tertiary/aromatic N) is 1. The van der Waals surface area contributed by atoms with Crippen LogP contribution in [0.15, 0.2) is 30.3 Å². The van der Waals surface area contributed by atoms with Gasteiger partial charge < -0.3 is 15.0 Å². The maximum atomic E-state index is 12.6. The summed E-state index contributed by atoms with van der Waals surface area (Å²) in [5, 5.41) is 2.83. The topological polar surface area (TPSA) is 75.7 Å². The number of hydrogen-bond acceptors (Lipinski definition) is 5. The summed E-state index contributed by atoms with van der Waals surface area (Å²) in [6.45, 7) is 4.36. The average Bonchev–Trinajstić information content (AvgIpc) is 2.62. The van der Waals surface area contributed by atoms with E-state index in [1.165, 1.54) is 0 Å². The predicted octanol–water partition coefficient (Wildman–Crippen LogP) is 1.70. The second-order valence-electron chi connectivity index (χ2n) is 5.87. The Balaban J connectivity index is 1.92. The molecule has 1 aliphatic rings. The van der Waals surface area contributed by atoms with Gasteiger partial charge in [-0.3, -0.25) is 9.59 Å². The van der Waals surface area contributed by atoms with Crippen molar-refractivity contribution >= 4 is 29.5 Å². The Morgan fingerprint density at radius 3 is 2.72 bits per heavy atom. The monoisotopic (exact) mass is 364 g/mol. The molecule has 1 N–H and O–H groups in total. The summed E-state index contributed by atoms with van der Waals surface area (Å²) in [6.07, 6.45) is 0.152. The zero-order chi connectivity index (χ0) is 18.2. The molecule has 1 heterocycles. The van der Waals surface area contributed by atoms with Crippen molar-refractivity contribution in [1.29, 1.82) is 0 Å². The van der Waals surface area contributed by atoms with Crippen molar-refractivity contribution in [2.24, 2.45) is 0 Å². The van der Waals surface area contributed by atoms with Crippen molar-refractivity contribution in [3.8, 4) is 0 Å². The second kappa shape index (κ2) is 9.46. The van der Waals surface area contributed by atoms with E-state index in [1.54, 1.807) is 54.8 Å². The molecule has 1 aromatic rings. The number of carbonyl (C=O) groups excluding carboxylic acids is 3. The minimum absolute atomic E-state index is 0.140. The van der Waals surface area contributed by atoms with E-state index in [0.29, 0.717) is 24.5 Å². The van der Waals surface area contributed by atoms with E-state index in [0.717, 1.165) is 5.75 Å². The normalized spacial score (nSPS) is 18.3. The Kier molecular flexibility index (Phi) is 7.31. The predicted molar refractivity (Wildman–Crippen MR) is 97.4 cm³/mol. The molecule has 0 spiro atoms. The fourth-order valence-electron chi connectivity index (χ4n) is 2.66. The van der Waals surface area contributed by atoms with E-state index in [-0.39, 0.29) is 30.2 Å². The van der Waals surface area contributed by atoms with Gasteiger partial charge in [0.05, 0.1) is 6.61 Å². The average molecular weight is 364 g/mol. The number of rotatable bonds is 6. The summed E-state index contributed by atoms with van der Waals surface area (Å²) in [6, 6.07) is 8.01. The molecular weight excluding hydrogens is 340 g/mol. The molecule has 25 heavy (non-hydrogen) atoms. The van der Waals surface area contributed by atoms with Crippen molar-refractivity contribution in [2.45, 2.75) is 32.4 Å². The molecule has 0 saturated carbocycles. The molecule has 136 valence electrons. The molecule has 2 amide bonds. The van der Waals surface area contributed by atoms with Crippen molar-refractivity contribution in [1.82, 2.24) is 10.2 Å². The number of hydrogen-bond donors (Lipinski definition) is 1. The third kappa shape index (κ3) is 5.49. The van der Waals surface area contributed by atoms with Gasteiger partial charge in [0.1, 0.15) is 6.04 Å². The minimum atomic E-state index is -0.539. The lowest BCUT2D eigenvalue weighted by Crippen LogP contribution is -2.52. The van der Waals surface area contributed by atoms with Gasteiger partial charge in [0.2, 0.25) is 5.91 Å². The maximum Gasteiger partial charge on any atom is 0.329 e. The molecule has 1 aliphatic heterocycles. The molecule has 0 aromatic heterocycles. The SMILES string of the molecule is CCOC(=O)[C@@H]1CSCCN1C(=O)C[C@H](C)NC(=O)c1ccccc1. The minimum Gasteiger partial charge on any atom is -0.464 e. The number of amides is 2. The highest BCUT2D eigenvalue weighted by Crippen LogP contribution is 2.19. The van der Waals surface area contributed by atoms with Crippen molar-refractivity contribution < 1.29 is 19.1 Å². The summed E-state index contributed by atoms with van der Waals surface area (Å²) >= 11 is 1.64. The van der Waals surface area contributed by atoms with Gasteiger partial charge >= 0.3 is 5.97 Å². The Labute approximate surface area is 152 Å². The van der Waals surface area contributed by atoms with Gasteiger partial charge in [-0.25, -0.2) is 4.79 Å². The number of thioether (sulfide) groups is 1. The molecule has 0 bridgehead atoms. The number of esters is 1. The molecule has 0 aliphatic carbocycles. The molecule has 1 saturated heterocycles. The van der Waals surface area contributed by atoms with Gasteiger partial charge in [0.25, 0.3) is 5.91 Å². The summed E-state index contributed by atoms with van der Waals surface area (Å²) in [5.74, 6) is 0.641. The zero-order valence-electron chi connectivity index (χ0n) is 14.6. The van der Waals surface area contributed by atoms with E-state index in [4.69, 9.17) is 4.74 Å². The Morgan fingerprint density at radius 1 is 1.32 bits per heavy atom. The van der Waals surface area contributed by atoms with Gasteiger partial charge in [-0.15, -0.1) is 0 Å². The van der Waals surface area contributed by atoms with Gasteiger partial charge in [-0.05, 0) is 26.0 Å². The third-order valence-corrected chi connectivity index (χ3v) is 4.92. The molecule has 1 aromatic carbocycles.